The molecule has 1 atom stereocenters. The molecule has 1 amide bonds. The van der Waals surface area contributed by atoms with Gasteiger partial charge in [-0.3, -0.25) is 4.79 Å². The number of carbonyl (C=O) groups is 1. The maximum absolute atomic E-state index is 13.1. The minimum absolute atomic E-state index is 0.0909. The summed E-state index contributed by atoms with van der Waals surface area (Å²) < 4.78 is 24.2. The van der Waals surface area contributed by atoms with Crippen LogP contribution in [0.1, 0.15) is 35.7 Å². The van der Waals surface area contributed by atoms with Crippen molar-refractivity contribution in [3.05, 3.63) is 64.4 Å². The van der Waals surface area contributed by atoms with Gasteiger partial charge in [0.1, 0.15) is 17.7 Å². The summed E-state index contributed by atoms with van der Waals surface area (Å²) in [5, 5.41) is 3.21. The molecule has 1 aliphatic rings. The van der Waals surface area contributed by atoms with E-state index in [0.29, 0.717) is 35.5 Å². The highest BCUT2D eigenvalue weighted by molar-refractivity contribution is 6.32. The lowest BCUT2D eigenvalue weighted by molar-refractivity contribution is 0.0799. The first-order chi connectivity index (χ1) is 15.0. The molecule has 5 nitrogen and oxygen atoms in total. The first kappa shape index (κ1) is 23.5. The highest BCUT2D eigenvalue weighted by atomic mass is 35.5. The van der Waals surface area contributed by atoms with Crippen molar-refractivity contribution in [2.45, 2.75) is 38.3 Å². The predicted molar refractivity (Wildman–Crippen MR) is 120 cm³/mol. The van der Waals surface area contributed by atoms with Gasteiger partial charge in [-0.15, -0.1) is 0 Å². The van der Waals surface area contributed by atoms with Gasteiger partial charge in [-0.05, 0) is 62.1 Å². The average Bonchev–Trinajstić information content (AvgIpc) is 2.77. The summed E-state index contributed by atoms with van der Waals surface area (Å²) in [6, 6.07) is 12.2. The first-order valence-corrected chi connectivity index (χ1v) is 11.1. The normalized spacial score (nSPS) is 16.1. The van der Waals surface area contributed by atoms with Crippen LogP contribution in [-0.2, 0) is 11.2 Å². The largest absolute Gasteiger partial charge is 0.489 e. The van der Waals surface area contributed by atoms with Crippen molar-refractivity contribution in [1.29, 1.82) is 0 Å². The van der Waals surface area contributed by atoms with Gasteiger partial charge >= 0.3 is 0 Å². The molecule has 3 rings (SSSR count). The molecule has 31 heavy (non-hydrogen) atoms. The standard InChI is InChI=1S/C24H30ClFN2O3/c1-17(15-18-3-6-20(26)7-4-18)28-12-9-21(10-13-28)31-23-8-5-19(16-22(23)25)24(29)27-11-14-30-2/h3-8,16-17,21H,9-15H2,1-2H3,(H,27,29)/t17-/m0/s1. The van der Waals surface area contributed by atoms with E-state index < -0.39 is 0 Å². The smallest absolute Gasteiger partial charge is 0.251 e. The van der Waals surface area contributed by atoms with Crippen LogP contribution in [-0.4, -0.2) is 56.3 Å². The van der Waals surface area contributed by atoms with Gasteiger partial charge < -0.3 is 19.7 Å². The molecule has 1 fully saturated rings. The van der Waals surface area contributed by atoms with Crippen LogP contribution in [0.25, 0.3) is 0 Å². The Kier molecular flexibility index (Phi) is 8.69. The number of rotatable bonds is 9. The second-order valence-corrected chi connectivity index (χ2v) is 8.33. The molecule has 1 aliphatic heterocycles. The molecule has 0 bridgehead atoms. The lowest BCUT2D eigenvalue weighted by Crippen LogP contribution is -2.43. The van der Waals surface area contributed by atoms with Gasteiger partial charge in [-0.1, -0.05) is 23.7 Å². The number of nitrogens with zero attached hydrogens (tertiary/aromatic N) is 1. The molecular formula is C24H30ClFN2O3. The summed E-state index contributed by atoms with van der Waals surface area (Å²) in [4.78, 5) is 14.6. The van der Waals surface area contributed by atoms with E-state index in [1.54, 1.807) is 25.3 Å². The lowest BCUT2D eigenvalue weighted by atomic mass is 10.0. The molecule has 1 N–H and O–H groups in total. The molecule has 1 heterocycles. The van der Waals surface area contributed by atoms with Crippen LogP contribution in [0.2, 0.25) is 5.02 Å². The van der Waals surface area contributed by atoms with Crippen molar-refractivity contribution in [2.75, 3.05) is 33.4 Å². The highest BCUT2D eigenvalue weighted by Gasteiger charge is 2.24. The molecule has 0 radical (unpaired) electrons. The Bertz CT molecular complexity index is 854. The summed E-state index contributed by atoms with van der Waals surface area (Å²) in [5.41, 5.74) is 1.64. The van der Waals surface area contributed by atoms with Crippen LogP contribution < -0.4 is 10.1 Å². The fourth-order valence-corrected chi connectivity index (χ4v) is 4.04. The Morgan fingerprint density at radius 1 is 1.23 bits per heavy atom. The minimum Gasteiger partial charge on any atom is -0.489 e. The van der Waals surface area contributed by atoms with Crippen LogP contribution in [0.4, 0.5) is 4.39 Å². The van der Waals surface area contributed by atoms with Gasteiger partial charge in [0.15, 0.2) is 0 Å². The topological polar surface area (TPSA) is 50.8 Å². The third-order valence-electron chi connectivity index (χ3n) is 5.62. The van der Waals surface area contributed by atoms with Crippen molar-refractivity contribution in [3.63, 3.8) is 0 Å². The van der Waals surface area contributed by atoms with Crippen molar-refractivity contribution < 1.29 is 18.7 Å². The SMILES string of the molecule is COCCNC(=O)c1ccc(OC2CCN([C@@H](C)Cc3ccc(F)cc3)CC2)c(Cl)c1. The van der Waals surface area contributed by atoms with Gasteiger partial charge in [0, 0.05) is 38.3 Å². The van der Waals surface area contributed by atoms with Crippen molar-refractivity contribution in [3.8, 4) is 5.75 Å². The van der Waals surface area contributed by atoms with Crippen molar-refractivity contribution >= 4 is 17.5 Å². The number of benzene rings is 2. The first-order valence-electron chi connectivity index (χ1n) is 10.7. The van der Waals surface area contributed by atoms with Crippen LogP contribution in [0.15, 0.2) is 42.5 Å². The van der Waals surface area contributed by atoms with E-state index >= 15 is 0 Å². The Balaban J connectivity index is 1.47. The Hall–Kier alpha value is -2.15. The van der Waals surface area contributed by atoms with Crippen LogP contribution in [0, 0.1) is 5.82 Å². The van der Waals surface area contributed by atoms with Gasteiger partial charge in [-0.25, -0.2) is 4.39 Å². The Morgan fingerprint density at radius 2 is 1.94 bits per heavy atom. The molecule has 0 unspecified atom stereocenters. The Labute approximate surface area is 188 Å². The summed E-state index contributed by atoms with van der Waals surface area (Å²) in [6.45, 7) is 4.98. The number of hydrogen-bond donors (Lipinski definition) is 1. The highest BCUT2D eigenvalue weighted by Crippen LogP contribution is 2.29. The molecule has 0 aliphatic carbocycles. The molecule has 168 valence electrons. The van der Waals surface area contributed by atoms with Crippen LogP contribution in [0.3, 0.4) is 0 Å². The van der Waals surface area contributed by atoms with Gasteiger partial charge in [-0.2, -0.15) is 0 Å². The summed E-state index contributed by atoms with van der Waals surface area (Å²) in [7, 11) is 1.59. The summed E-state index contributed by atoms with van der Waals surface area (Å²) >= 11 is 6.37. The van der Waals surface area contributed by atoms with Crippen LogP contribution >= 0.6 is 11.6 Å². The molecule has 2 aromatic carbocycles. The quantitative estimate of drug-likeness (QED) is 0.580. The maximum atomic E-state index is 13.1. The number of ether oxygens (including phenoxy) is 2. The zero-order chi connectivity index (χ0) is 22.2. The van der Waals surface area contributed by atoms with E-state index in [1.807, 2.05) is 12.1 Å². The molecule has 0 spiro atoms. The summed E-state index contributed by atoms with van der Waals surface area (Å²) in [6.07, 6.45) is 2.80. The lowest BCUT2D eigenvalue weighted by Gasteiger charge is -2.36. The number of likely N-dealkylation sites (tertiary alicyclic amines) is 1. The van der Waals surface area contributed by atoms with E-state index in [2.05, 4.69) is 17.1 Å². The number of halogens is 2. The fraction of sp³-hybridized carbons (Fsp3) is 0.458. The Morgan fingerprint density at radius 3 is 2.58 bits per heavy atom. The van der Waals surface area contributed by atoms with Crippen LogP contribution in [0.5, 0.6) is 5.75 Å². The van der Waals surface area contributed by atoms with E-state index in [4.69, 9.17) is 21.1 Å². The third kappa shape index (κ3) is 6.92. The average molecular weight is 449 g/mol. The molecule has 0 aromatic heterocycles. The molecule has 1 saturated heterocycles. The van der Waals surface area contributed by atoms with Gasteiger partial charge in [0.2, 0.25) is 0 Å². The number of piperidine rings is 1. The number of nitrogens with one attached hydrogen (secondary N) is 1. The fourth-order valence-electron chi connectivity index (χ4n) is 3.81. The number of methoxy groups -OCH3 is 1. The monoisotopic (exact) mass is 448 g/mol. The van der Waals surface area contributed by atoms with E-state index in [-0.39, 0.29) is 17.8 Å². The predicted octanol–water partition coefficient (Wildman–Crippen LogP) is 4.33. The second kappa shape index (κ2) is 11.5. The van der Waals surface area contributed by atoms with Gasteiger partial charge in [0.05, 0.1) is 11.6 Å². The number of amides is 1. The van der Waals surface area contributed by atoms with E-state index in [1.165, 1.54) is 12.1 Å². The van der Waals surface area contributed by atoms with E-state index in [0.717, 1.165) is 37.9 Å². The maximum Gasteiger partial charge on any atom is 0.251 e. The molecule has 0 saturated carbocycles. The number of hydrogen-bond acceptors (Lipinski definition) is 4. The summed E-state index contributed by atoms with van der Waals surface area (Å²) in [5.74, 6) is 0.217. The zero-order valence-electron chi connectivity index (χ0n) is 18.1. The minimum atomic E-state index is -0.201. The van der Waals surface area contributed by atoms with Crippen molar-refractivity contribution in [2.24, 2.45) is 0 Å². The third-order valence-corrected chi connectivity index (χ3v) is 5.92. The second-order valence-electron chi connectivity index (χ2n) is 7.93. The molecule has 2 aromatic rings. The number of carbonyl (C=O) groups excluding carboxylic acids is 1. The molecular weight excluding hydrogens is 419 g/mol. The molecule has 7 heteroatoms. The zero-order valence-corrected chi connectivity index (χ0v) is 18.8. The van der Waals surface area contributed by atoms with Gasteiger partial charge in [0.25, 0.3) is 5.91 Å². The van der Waals surface area contributed by atoms with E-state index in [9.17, 15) is 9.18 Å². The van der Waals surface area contributed by atoms with Crippen molar-refractivity contribution in [1.82, 2.24) is 10.2 Å².